The second kappa shape index (κ2) is 11.4. The predicted molar refractivity (Wildman–Crippen MR) is 205 cm³/mol. The zero-order valence-corrected chi connectivity index (χ0v) is 27.0. The van der Waals surface area contributed by atoms with Crippen LogP contribution in [0.5, 0.6) is 0 Å². The summed E-state index contributed by atoms with van der Waals surface area (Å²) >= 11 is 0. The number of benzene rings is 6. The molecule has 0 amide bonds. The molecule has 0 saturated heterocycles. The lowest BCUT2D eigenvalue weighted by molar-refractivity contribution is 1.13. The summed E-state index contributed by atoms with van der Waals surface area (Å²) in [5.41, 5.74) is 11.5. The number of hydrogen-bond acceptors (Lipinski definition) is 3. The largest absolute Gasteiger partial charge is 0.316 e. The Hall–Kier alpha value is -6.85. The molecule has 50 heavy (non-hydrogen) atoms. The number of hydrogen-bond donors (Lipinski definition) is 0. The zero-order valence-electron chi connectivity index (χ0n) is 27.0. The first kappa shape index (κ1) is 28.2. The van der Waals surface area contributed by atoms with Crippen LogP contribution in [-0.2, 0) is 0 Å². The van der Waals surface area contributed by atoms with Crippen LogP contribution in [0.3, 0.4) is 0 Å². The van der Waals surface area contributed by atoms with Gasteiger partial charge in [-0.15, -0.1) is 0 Å². The van der Waals surface area contributed by atoms with E-state index in [0.717, 1.165) is 61.4 Å². The lowest BCUT2D eigenvalue weighted by Gasteiger charge is -2.12. The molecule has 5 heteroatoms. The summed E-state index contributed by atoms with van der Waals surface area (Å²) in [6.45, 7) is 0. The molecule has 4 heterocycles. The maximum absolute atomic E-state index is 5.23. The average Bonchev–Trinajstić information content (AvgIpc) is 3.78. The van der Waals surface area contributed by atoms with Gasteiger partial charge in [-0.25, -0.2) is 9.97 Å². The van der Waals surface area contributed by atoms with E-state index in [4.69, 9.17) is 9.97 Å². The standard InChI is InChI=1S/C45H29N5/c1-2-12-34(13-3-1)49-28-26-32-24-25-41-42(44(32)49)37-16-5-7-19-40(37)50(41)35-14-10-11-33(29-35)45-47-39-18-6-4-15-36(39)43(48-45)31-22-20-30(21-23-31)38-17-8-9-27-46-38/h1-29H. The SMILES string of the molecule is c1ccc(-n2ccc3ccc4c(c5ccccc5n4-c4cccc(-c5nc(-c6ccc(-c7ccccn7)cc6)c6ccccc6n5)c4)c32)cc1. The molecule has 0 N–H and O–H groups in total. The van der Waals surface area contributed by atoms with E-state index in [1.54, 1.807) is 0 Å². The summed E-state index contributed by atoms with van der Waals surface area (Å²) in [5, 5.41) is 4.68. The maximum Gasteiger partial charge on any atom is 0.160 e. The minimum Gasteiger partial charge on any atom is -0.316 e. The molecular weight excluding hydrogens is 611 g/mol. The van der Waals surface area contributed by atoms with Gasteiger partial charge in [-0.2, -0.15) is 0 Å². The summed E-state index contributed by atoms with van der Waals surface area (Å²) in [4.78, 5) is 14.8. The highest BCUT2D eigenvalue weighted by atomic mass is 15.0. The number of para-hydroxylation sites is 3. The Morgan fingerprint density at radius 2 is 1.24 bits per heavy atom. The summed E-state index contributed by atoms with van der Waals surface area (Å²) in [6, 6.07) is 57.2. The Morgan fingerprint density at radius 3 is 2.10 bits per heavy atom. The highest BCUT2D eigenvalue weighted by Gasteiger charge is 2.18. The van der Waals surface area contributed by atoms with Gasteiger partial charge in [0.15, 0.2) is 5.82 Å². The Balaban J connectivity index is 1.14. The smallest absolute Gasteiger partial charge is 0.160 e. The lowest BCUT2D eigenvalue weighted by atomic mass is 10.0. The number of rotatable bonds is 5. The van der Waals surface area contributed by atoms with Crippen LogP contribution >= 0.6 is 0 Å². The van der Waals surface area contributed by atoms with Crippen LogP contribution in [0.1, 0.15) is 0 Å². The van der Waals surface area contributed by atoms with Crippen molar-refractivity contribution in [2.45, 2.75) is 0 Å². The highest BCUT2D eigenvalue weighted by molar-refractivity contribution is 6.20. The van der Waals surface area contributed by atoms with Crippen molar-refractivity contribution in [3.63, 3.8) is 0 Å². The summed E-state index contributed by atoms with van der Waals surface area (Å²) in [7, 11) is 0. The van der Waals surface area contributed by atoms with Gasteiger partial charge in [0.2, 0.25) is 0 Å². The van der Waals surface area contributed by atoms with Gasteiger partial charge in [0.1, 0.15) is 0 Å². The van der Waals surface area contributed by atoms with Crippen molar-refractivity contribution in [2.75, 3.05) is 0 Å². The van der Waals surface area contributed by atoms with Crippen molar-refractivity contribution in [3.8, 4) is 45.3 Å². The first-order valence-electron chi connectivity index (χ1n) is 16.8. The van der Waals surface area contributed by atoms with Gasteiger partial charge in [-0.05, 0) is 60.7 Å². The fourth-order valence-electron chi connectivity index (χ4n) is 7.31. The van der Waals surface area contributed by atoms with Gasteiger partial charge in [0.25, 0.3) is 0 Å². The molecular formula is C45H29N5. The van der Waals surface area contributed by atoms with Crippen LogP contribution < -0.4 is 0 Å². The monoisotopic (exact) mass is 639 g/mol. The molecule has 0 spiro atoms. The van der Waals surface area contributed by atoms with E-state index < -0.39 is 0 Å². The van der Waals surface area contributed by atoms with Gasteiger partial charge in [-0.1, -0.05) is 103 Å². The van der Waals surface area contributed by atoms with Crippen molar-refractivity contribution in [1.29, 1.82) is 0 Å². The first-order valence-corrected chi connectivity index (χ1v) is 16.8. The number of aromatic nitrogens is 5. The second-order valence-corrected chi connectivity index (χ2v) is 12.5. The van der Waals surface area contributed by atoms with Crippen molar-refractivity contribution < 1.29 is 0 Å². The van der Waals surface area contributed by atoms with Gasteiger partial charge in [-0.3, -0.25) is 4.98 Å². The predicted octanol–water partition coefficient (Wildman–Crippen LogP) is 11.1. The van der Waals surface area contributed by atoms with E-state index in [1.165, 1.54) is 21.7 Å². The van der Waals surface area contributed by atoms with E-state index in [-0.39, 0.29) is 0 Å². The average molecular weight is 640 g/mol. The fourth-order valence-corrected chi connectivity index (χ4v) is 7.31. The molecule has 0 saturated carbocycles. The molecule has 4 aromatic heterocycles. The van der Waals surface area contributed by atoms with E-state index in [9.17, 15) is 0 Å². The van der Waals surface area contributed by atoms with Crippen LogP contribution in [0, 0.1) is 0 Å². The highest BCUT2D eigenvalue weighted by Crippen LogP contribution is 2.39. The van der Waals surface area contributed by atoms with Crippen LogP contribution in [0.15, 0.2) is 176 Å². The van der Waals surface area contributed by atoms with E-state index in [1.807, 2.05) is 36.5 Å². The number of nitrogens with zero attached hydrogens (tertiary/aromatic N) is 5. The van der Waals surface area contributed by atoms with Crippen LogP contribution in [0.25, 0.3) is 88.9 Å². The fraction of sp³-hybridized carbons (Fsp3) is 0. The number of pyridine rings is 1. The molecule has 6 aromatic carbocycles. The molecule has 0 aliphatic carbocycles. The van der Waals surface area contributed by atoms with Gasteiger partial charge >= 0.3 is 0 Å². The van der Waals surface area contributed by atoms with E-state index in [0.29, 0.717) is 5.82 Å². The normalized spacial score (nSPS) is 11.6. The molecule has 0 bridgehead atoms. The summed E-state index contributed by atoms with van der Waals surface area (Å²) in [6.07, 6.45) is 4.00. The zero-order chi connectivity index (χ0) is 33.0. The third-order valence-corrected chi connectivity index (χ3v) is 9.61. The molecule has 0 unspecified atom stereocenters. The Labute approximate surface area is 288 Å². The molecule has 0 atom stereocenters. The van der Waals surface area contributed by atoms with Crippen molar-refractivity contribution in [1.82, 2.24) is 24.1 Å². The Morgan fingerprint density at radius 1 is 0.480 bits per heavy atom. The van der Waals surface area contributed by atoms with Crippen LogP contribution in [-0.4, -0.2) is 24.1 Å². The van der Waals surface area contributed by atoms with Crippen molar-refractivity contribution in [3.05, 3.63) is 176 Å². The molecule has 10 aromatic rings. The Bertz CT molecular complexity index is 2850. The molecule has 0 aliphatic heterocycles. The molecule has 0 radical (unpaired) electrons. The summed E-state index contributed by atoms with van der Waals surface area (Å²) < 4.78 is 4.67. The first-order chi connectivity index (χ1) is 24.8. The third-order valence-electron chi connectivity index (χ3n) is 9.61. The quantitative estimate of drug-likeness (QED) is 0.188. The van der Waals surface area contributed by atoms with Crippen LogP contribution in [0.4, 0.5) is 0 Å². The van der Waals surface area contributed by atoms with E-state index >= 15 is 0 Å². The van der Waals surface area contributed by atoms with Crippen molar-refractivity contribution in [2.24, 2.45) is 0 Å². The molecule has 5 nitrogen and oxygen atoms in total. The van der Waals surface area contributed by atoms with E-state index in [2.05, 4.69) is 154 Å². The van der Waals surface area contributed by atoms with Gasteiger partial charge < -0.3 is 9.13 Å². The lowest BCUT2D eigenvalue weighted by Crippen LogP contribution is -1.98. The topological polar surface area (TPSA) is 48.5 Å². The maximum atomic E-state index is 5.23. The molecule has 0 aliphatic rings. The van der Waals surface area contributed by atoms with Crippen LogP contribution in [0.2, 0.25) is 0 Å². The summed E-state index contributed by atoms with van der Waals surface area (Å²) in [5.74, 6) is 0.690. The second-order valence-electron chi connectivity index (χ2n) is 12.5. The minimum absolute atomic E-state index is 0.690. The third kappa shape index (κ3) is 4.52. The molecule has 0 fully saturated rings. The van der Waals surface area contributed by atoms with Gasteiger partial charge in [0, 0.05) is 62.0 Å². The minimum atomic E-state index is 0.690. The number of fused-ring (bicyclic) bond motifs is 6. The van der Waals surface area contributed by atoms with Gasteiger partial charge in [0.05, 0.1) is 33.5 Å². The van der Waals surface area contributed by atoms with Crippen molar-refractivity contribution >= 4 is 43.6 Å². The molecule has 10 rings (SSSR count). The Kier molecular flexibility index (Phi) is 6.42. The molecule has 234 valence electrons.